The molecule has 0 aliphatic heterocycles. The van der Waals surface area contributed by atoms with Gasteiger partial charge in [0.1, 0.15) is 10.6 Å². The largest absolute Gasteiger partial charge is 0.444 e. The number of amides is 1. The van der Waals surface area contributed by atoms with Crippen molar-refractivity contribution in [2.75, 3.05) is 14.1 Å². The van der Waals surface area contributed by atoms with E-state index in [1.165, 1.54) is 4.88 Å². The van der Waals surface area contributed by atoms with Crippen molar-refractivity contribution in [2.45, 2.75) is 59.4 Å². The predicted octanol–water partition coefficient (Wildman–Crippen LogP) is 3.94. The molecule has 0 saturated heterocycles. The quantitative estimate of drug-likeness (QED) is 0.513. The van der Waals surface area contributed by atoms with E-state index in [9.17, 15) is 4.79 Å². The molecule has 7 nitrogen and oxygen atoms in total. The number of hydrogen-bond acceptors (Lipinski definition) is 5. The maximum Gasteiger partial charge on any atom is 0.410 e. The third-order valence-electron chi connectivity index (χ3n) is 4.19. The number of ether oxygens (including phenoxy) is 1. The summed E-state index contributed by atoms with van der Waals surface area (Å²) >= 11 is 1.72. The fraction of sp³-hybridized carbons (Fsp3) is 0.500. The first kappa shape index (κ1) is 23.7. The van der Waals surface area contributed by atoms with Crippen LogP contribution in [0.15, 0.2) is 35.5 Å². The van der Waals surface area contributed by atoms with Gasteiger partial charge in [-0.1, -0.05) is 31.2 Å². The normalized spacial score (nSPS) is 11.9. The van der Waals surface area contributed by atoms with E-state index >= 15 is 0 Å². The zero-order valence-electron chi connectivity index (χ0n) is 18.8. The second kappa shape index (κ2) is 11.0. The van der Waals surface area contributed by atoms with Crippen LogP contribution in [0.25, 0.3) is 0 Å². The number of carbonyl (C=O) groups is 1. The fourth-order valence-electron chi connectivity index (χ4n) is 2.60. The van der Waals surface area contributed by atoms with Gasteiger partial charge in [-0.25, -0.2) is 9.78 Å². The first-order valence-corrected chi connectivity index (χ1v) is 10.9. The molecule has 1 aromatic carbocycles. The van der Waals surface area contributed by atoms with Crippen LogP contribution in [0.1, 0.15) is 48.7 Å². The van der Waals surface area contributed by atoms with Crippen molar-refractivity contribution >= 4 is 23.4 Å². The monoisotopic (exact) mass is 431 g/mol. The van der Waals surface area contributed by atoms with Crippen LogP contribution in [0.2, 0.25) is 0 Å². The number of rotatable bonds is 7. The van der Waals surface area contributed by atoms with Crippen LogP contribution < -0.4 is 10.6 Å². The molecule has 0 radical (unpaired) electrons. The van der Waals surface area contributed by atoms with Crippen molar-refractivity contribution in [3.63, 3.8) is 0 Å². The Bertz CT molecular complexity index is 840. The second-order valence-corrected chi connectivity index (χ2v) is 9.21. The Labute approximate surface area is 183 Å². The number of thiazole rings is 1. The summed E-state index contributed by atoms with van der Waals surface area (Å²) in [6, 6.07) is 8.14. The minimum atomic E-state index is -0.495. The Kier molecular flexibility index (Phi) is 8.65. The molecule has 1 aromatic heterocycles. The van der Waals surface area contributed by atoms with Crippen LogP contribution in [-0.2, 0) is 30.8 Å². The molecule has 0 aliphatic rings. The van der Waals surface area contributed by atoms with E-state index < -0.39 is 5.60 Å². The molecule has 1 amide bonds. The van der Waals surface area contributed by atoms with Crippen molar-refractivity contribution in [2.24, 2.45) is 4.99 Å². The SMILES string of the molecule is CCc1cnc(CNC(=NC)NCc2ccc(CN(C)C(=O)OC(C)(C)C)cc2)s1. The van der Waals surface area contributed by atoms with Crippen molar-refractivity contribution in [1.82, 2.24) is 20.5 Å². The number of nitrogens with zero attached hydrogens (tertiary/aromatic N) is 3. The Balaban J connectivity index is 1.80. The third-order valence-corrected chi connectivity index (χ3v) is 5.33. The minimum Gasteiger partial charge on any atom is -0.444 e. The number of aryl methyl sites for hydroxylation is 1. The summed E-state index contributed by atoms with van der Waals surface area (Å²) in [6.07, 6.45) is 2.61. The molecule has 0 saturated carbocycles. The number of nitrogens with one attached hydrogen (secondary N) is 2. The van der Waals surface area contributed by atoms with E-state index in [2.05, 4.69) is 27.5 Å². The third kappa shape index (κ3) is 8.02. The highest BCUT2D eigenvalue weighted by Crippen LogP contribution is 2.13. The standard InChI is InChI=1S/C22H33N5O2S/c1-7-18-13-24-19(30-18)14-26-20(23-5)25-12-16-8-10-17(11-9-16)15-27(6)21(28)29-22(2,3)4/h8-11,13H,7,12,14-15H2,1-6H3,(H2,23,25,26). The van der Waals surface area contributed by atoms with Crippen molar-refractivity contribution in [1.29, 1.82) is 0 Å². The van der Waals surface area contributed by atoms with Gasteiger partial charge in [0, 0.05) is 38.3 Å². The molecule has 0 spiro atoms. The summed E-state index contributed by atoms with van der Waals surface area (Å²) in [4.78, 5) is 23.6. The molecule has 0 bridgehead atoms. The van der Waals surface area contributed by atoms with Gasteiger partial charge in [0.25, 0.3) is 0 Å². The van der Waals surface area contributed by atoms with Gasteiger partial charge in [-0.15, -0.1) is 11.3 Å². The molecule has 0 unspecified atom stereocenters. The van der Waals surface area contributed by atoms with E-state index in [0.717, 1.165) is 28.5 Å². The first-order valence-electron chi connectivity index (χ1n) is 10.1. The zero-order chi connectivity index (χ0) is 22.1. The van der Waals surface area contributed by atoms with E-state index in [0.29, 0.717) is 19.6 Å². The lowest BCUT2D eigenvalue weighted by atomic mass is 10.1. The number of carbonyl (C=O) groups excluding carboxylic acids is 1. The Morgan fingerprint density at radius 2 is 1.80 bits per heavy atom. The van der Waals surface area contributed by atoms with Crippen molar-refractivity contribution in [3.8, 4) is 0 Å². The number of hydrogen-bond donors (Lipinski definition) is 2. The molecule has 1 heterocycles. The van der Waals surface area contributed by atoms with E-state index in [4.69, 9.17) is 4.74 Å². The van der Waals surface area contributed by atoms with E-state index in [1.807, 2.05) is 51.2 Å². The molecule has 8 heteroatoms. The lowest BCUT2D eigenvalue weighted by Crippen LogP contribution is -2.36. The van der Waals surface area contributed by atoms with Crippen LogP contribution in [0.4, 0.5) is 4.79 Å². The molecular weight excluding hydrogens is 398 g/mol. The summed E-state index contributed by atoms with van der Waals surface area (Å²) in [7, 11) is 3.50. The highest BCUT2D eigenvalue weighted by molar-refractivity contribution is 7.11. The summed E-state index contributed by atoms with van der Waals surface area (Å²) in [5.74, 6) is 0.733. The van der Waals surface area contributed by atoms with Crippen molar-refractivity contribution < 1.29 is 9.53 Å². The van der Waals surface area contributed by atoms with Gasteiger partial charge < -0.3 is 20.3 Å². The van der Waals surface area contributed by atoms with Gasteiger partial charge in [-0.05, 0) is 38.3 Å². The molecule has 2 N–H and O–H groups in total. The maximum absolute atomic E-state index is 12.1. The van der Waals surface area contributed by atoms with Gasteiger partial charge in [0.15, 0.2) is 5.96 Å². The second-order valence-electron chi connectivity index (χ2n) is 8.01. The Morgan fingerprint density at radius 3 is 2.37 bits per heavy atom. The van der Waals surface area contributed by atoms with E-state index in [-0.39, 0.29) is 6.09 Å². The zero-order valence-corrected chi connectivity index (χ0v) is 19.6. The summed E-state index contributed by atoms with van der Waals surface area (Å²) < 4.78 is 5.39. The number of guanidine groups is 1. The number of benzene rings is 1. The van der Waals surface area contributed by atoms with Crippen LogP contribution in [0.3, 0.4) is 0 Å². The van der Waals surface area contributed by atoms with Crippen LogP contribution >= 0.6 is 11.3 Å². The molecule has 2 aromatic rings. The topological polar surface area (TPSA) is 78.9 Å². The summed E-state index contributed by atoms with van der Waals surface area (Å²) in [6.45, 7) is 9.53. The molecule has 2 rings (SSSR count). The van der Waals surface area contributed by atoms with Gasteiger partial charge in [0.2, 0.25) is 0 Å². The van der Waals surface area contributed by atoms with Crippen LogP contribution in [-0.4, -0.2) is 41.6 Å². The van der Waals surface area contributed by atoms with Crippen LogP contribution in [0.5, 0.6) is 0 Å². The molecule has 164 valence electrons. The maximum atomic E-state index is 12.1. The highest BCUT2D eigenvalue weighted by Gasteiger charge is 2.19. The molecule has 0 atom stereocenters. The molecule has 0 fully saturated rings. The predicted molar refractivity (Wildman–Crippen MR) is 123 cm³/mol. The molecular formula is C22H33N5O2S. The Hall–Kier alpha value is -2.61. The number of aromatic nitrogens is 1. The van der Waals surface area contributed by atoms with Crippen LogP contribution in [0, 0.1) is 0 Å². The van der Waals surface area contributed by atoms with Gasteiger partial charge in [0.05, 0.1) is 6.54 Å². The molecule has 30 heavy (non-hydrogen) atoms. The lowest BCUT2D eigenvalue weighted by Gasteiger charge is -2.24. The highest BCUT2D eigenvalue weighted by atomic mass is 32.1. The lowest BCUT2D eigenvalue weighted by molar-refractivity contribution is 0.0285. The van der Waals surface area contributed by atoms with Gasteiger partial charge in [-0.2, -0.15) is 0 Å². The first-order chi connectivity index (χ1) is 14.2. The van der Waals surface area contributed by atoms with E-state index in [1.54, 1.807) is 30.3 Å². The average molecular weight is 432 g/mol. The number of aliphatic imine (C=N–C) groups is 1. The minimum absolute atomic E-state index is 0.325. The summed E-state index contributed by atoms with van der Waals surface area (Å²) in [5.41, 5.74) is 1.68. The van der Waals surface area contributed by atoms with Gasteiger partial charge in [-0.3, -0.25) is 4.99 Å². The fourth-order valence-corrected chi connectivity index (χ4v) is 3.40. The summed E-state index contributed by atoms with van der Waals surface area (Å²) in [5, 5.41) is 7.65. The smallest absolute Gasteiger partial charge is 0.410 e. The Morgan fingerprint density at radius 1 is 1.17 bits per heavy atom. The molecule has 0 aliphatic carbocycles. The average Bonchev–Trinajstić information content (AvgIpc) is 3.16. The van der Waals surface area contributed by atoms with Crippen molar-refractivity contribution in [3.05, 3.63) is 51.5 Å². The van der Waals surface area contributed by atoms with Gasteiger partial charge >= 0.3 is 6.09 Å².